The molecule has 0 aliphatic carbocycles. The molecule has 1 aliphatic heterocycles. The van der Waals surface area contributed by atoms with Gasteiger partial charge in [0.25, 0.3) is 5.91 Å². The van der Waals surface area contributed by atoms with Gasteiger partial charge < -0.3 is 30.3 Å². The van der Waals surface area contributed by atoms with E-state index >= 15 is 0 Å². The van der Waals surface area contributed by atoms with Crippen molar-refractivity contribution in [1.29, 1.82) is 0 Å². The van der Waals surface area contributed by atoms with Crippen LogP contribution in [0, 0.1) is 6.92 Å². The third-order valence-corrected chi connectivity index (χ3v) is 8.20. The monoisotopic (exact) mass is 586 g/mol. The highest BCUT2D eigenvalue weighted by atomic mass is 16.5. The first kappa shape index (κ1) is 31.9. The van der Waals surface area contributed by atoms with Crippen LogP contribution in [0.25, 0.3) is 0 Å². The number of carbonyl (C=O) groups excluding carboxylic acids is 2. The number of piperidine rings is 1. The van der Waals surface area contributed by atoms with Crippen LogP contribution in [-0.2, 0) is 0 Å². The van der Waals surface area contributed by atoms with Gasteiger partial charge in [-0.15, -0.1) is 0 Å². The summed E-state index contributed by atoms with van der Waals surface area (Å²) in [6.07, 6.45) is 5.20. The highest BCUT2D eigenvalue weighted by Gasteiger charge is 2.23. The first-order valence-electron chi connectivity index (χ1n) is 15.6. The molecule has 3 aromatic carbocycles. The van der Waals surface area contributed by atoms with Crippen LogP contribution in [-0.4, -0.2) is 48.1 Å². The molecule has 3 aromatic rings. The molecular weight excluding hydrogens is 540 g/mol. The Morgan fingerprint density at radius 3 is 2.07 bits per heavy atom. The molecular formula is C35H46N4O4. The van der Waals surface area contributed by atoms with E-state index in [2.05, 4.69) is 48.5 Å². The topological polar surface area (TPSA) is 91.9 Å². The van der Waals surface area contributed by atoms with E-state index in [9.17, 15) is 9.59 Å². The summed E-state index contributed by atoms with van der Waals surface area (Å²) in [7, 11) is 0. The number of hydrogen-bond donors (Lipinski definition) is 3. The Hall–Kier alpha value is -4.04. The molecule has 1 heterocycles. The van der Waals surface area contributed by atoms with Gasteiger partial charge in [0.2, 0.25) is 0 Å². The number of benzene rings is 3. The van der Waals surface area contributed by atoms with Gasteiger partial charge in [-0.1, -0.05) is 20.8 Å². The molecule has 1 atom stereocenters. The Morgan fingerprint density at radius 2 is 1.47 bits per heavy atom. The minimum absolute atomic E-state index is 0.159. The van der Waals surface area contributed by atoms with Crippen molar-refractivity contribution in [3.8, 4) is 17.2 Å². The van der Waals surface area contributed by atoms with Crippen LogP contribution in [0.5, 0.6) is 17.2 Å². The van der Waals surface area contributed by atoms with Gasteiger partial charge in [0.1, 0.15) is 23.4 Å². The zero-order chi connectivity index (χ0) is 30.8. The minimum atomic E-state index is -0.215. The molecule has 0 aromatic heterocycles. The summed E-state index contributed by atoms with van der Waals surface area (Å²) in [4.78, 5) is 27.6. The zero-order valence-electron chi connectivity index (χ0n) is 26.1. The number of anilines is 2. The number of nitrogens with zero attached hydrogens (tertiary/aromatic N) is 1. The van der Waals surface area contributed by atoms with Crippen molar-refractivity contribution < 1.29 is 19.1 Å². The molecule has 1 unspecified atom stereocenters. The lowest BCUT2D eigenvalue weighted by Gasteiger charge is -2.35. The largest absolute Gasteiger partial charge is 0.490 e. The van der Waals surface area contributed by atoms with Crippen LogP contribution < -0.4 is 25.4 Å². The molecule has 1 aliphatic rings. The molecule has 8 nitrogen and oxygen atoms in total. The van der Waals surface area contributed by atoms with E-state index in [1.807, 2.05) is 49.4 Å². The number of urea groups is 1. The normalized spacial score (nSPS) is 14.7. The highest BCUT2D eigenvalue weighted by molar-refractivity contribution is 6.04. The molecule has 1 saturated heterocycles. The maximum absolute atomic E-state index is 12.9. The number of ether oxygens (including phenoxy) is 2. The number of carbonyl (C=O) groups is 2. The van der Waals surface area contributed by atoms with Crippen LogP contribution >= 0.6 is 0 Å². The van der Waals surface area contributed by atoms with Gasteiger partial charge >= 0.3 is 6.03 Å². The number of rotatable bonds is 12. The average molecular weight is 587 g/mol. The maximum atomic E-state index is 12.9. The van der Waals surface area contributed by atoms with Crippen molar-refractivity contribution in [2.45, 2.75) is 84.9 Å². The Morgan fingerprint density at radius 1 is 0.837 bits per heavy atom. The molecule has 43 heavy (non-hydrogen) atoms. The van der Waals surface area contributed by atoms with Crippen LogP contribution in [0.3, 0.4) is 0 Å². The first-order valence-corrected chi connectivity index (χ1v) is 15.6. The lowest BCUT2D eigenvalue weighted by Crippen LogP contribution is -2.42. The van der Waals surface area contributed by atoms with Gasteiger partial charge in [-0.05, 0) is 118 Å². The van der Waals surface area contributed by atoms with E-state index in [4.69, 9.17) is 9.47 Å². The lowest BCUT2D eigenvalue weighted by molar-refractivity contribution is 0.0788. The van der Waals surface area contributed by atoms with Crippen molar-refractivity contribution in [3.05, 3.63) is 77.9 Å². The predicted octanol–water partition coefficient (Wildman–Crippen LogP) is 7.99. The van der Waals surface area contributed by atoms with Crippen LogP contribution in [0.15, 0.2) is 66.7 Å². The second-order valence-corrected chi connectivity index (χ2v) is 11.3. The molecule has 0 bridgehead atoms. The number of likely N-dealkylation sites (tertiary alicyclic amines) is 1. The van der Waals surface area contributed by atoms with Crippen LogP contribution in [0.1, 0.15) is 75.7 Å². The van der Waals surface area contributed by atoms with Gasteiger partial charge in [-0.2, -0.15) is 0 Å². The summed E-state index contributed by atoms with van der Waals surface area (Å²) < 4.78 is 12.3. The summed E-state index contributed by atoms with van der Waals surface area (Å²) in [5, 5.41) is 8.79. The molecule has 1 fully saturated rings. The zero-order valence-corrected chi connectivity index (χ0v) is 26.1. The molecule has 0 radical (unpaired) electrons. The number of aryl methyl sites for hydroxylation is 1. The van der Waals surface area contributed by atoms with Crippen molar-refractivity contribution >= 4 is 23.3 Å². The fourth-order valence-electron chi connectivity index (χ4n) is 5.19. The number of amides is 3. The van der Waals surface area contributed by atoms with Gasteiger partial charge in [-0.25, -0.2) is 4.79 Å². The highest BCUT2D eigenvalue weighted by Crippen LogP contribution is 2.29. The molecule has 3 N–H and O–H groups in total. The molecule has 8 heteroatoms. The predicted molar refractivity (Wildman–Crippen MR) is 174 cm³/mol. The summed E-state index contributed by atoms with van der Waals surface area (Å²) in [6.45, 7) is 12.7. The number of nitrogens with one attached hydrogen (secondary N) is 3. The van der Waals surface area contributed by atoms with Crippen molar-refractivity contribution in [2.75, 3.05) is 23.7 Å². The smallest absolute Gasteiger partial charge is 0.319 e. The van der Waals surface area contributed by atoms with E-state index < -0.39 is 0 Å². The Balaban J connectivity index is 1.26. The summed E-state index contributed by atoms with van der Waals surface area (Å²) in [5.74, 6) is 1.94. The van der Waals surface area contributed by atoms with Gasteiger partial charge in [0.15, 0.2) is 0 Å². The standard InChI is InChI=1S/C35H46N4O4/c1-6-25(5)39-21-19-32(20-22-39)42-30-14-9-26(10-15-30)34(40)36-29-13-18-33(24(4)23-29)43-31-16-11-28(12-17-31)38-35(41)37-27(7-2)8-3/h9-18,23,25,27,32H,6-8,19-22H2,1-5H3,(H,36,40)(H2,37,38,41). The molecule has 230 valence electrons. The fourth-order valence-corrected chi connectivity index (χ4v) is 5.19. The maximum Gasteiger partial charge on any atom is 0.319 e. The summed E-state index contributed by atoms with van der Waals surface area (Å²) in [6, 6.07) is 20.7. The van der Waals surface area contributed by atoms with Gasteiger partial charge in [0.05, 0.1) is 0 Å². The second kappa shape index (κ2) is 15.4. The molecule has 0 spiro atoms. The third kappa shape index (κ3) is 9.22. The molecule has 4 rings (SSSR count). The van der Waals surface area contributed by atoms with Gasteiger partial charge in [0, 0.05) is 42.1 Å². The SMILES string of the molecule is CCC(CC)NC(=O)Nc1ccc(Oc2ccc(NC(=O)c3ccc(OC4CCN(C(C)CC)CC4)cc3)cc2C)cc1. The summed E-state index contributed by atoms with van der Waals surface area (Å²) in [5.41, 5.74) is 2.82. The van der Waals surface area contributed by atoms with Crippen molar-refractivity contribution in [1.82, 2.24) is 10.2 Å². The van der Waals surface area contributed by atoms with E-state index in [0.717, 1.165) is 50.1 Å². The van der Waals surface area contributed by atoms with E-state index in [0.29, 0.717) is 34.5 Å². The summed E-state index contributed by atoms with van der Waals surface area (Å²) >= 11 is 0. The van der Waals surface area contributed by atoms with Crippen LogP contribution in [0.4, 0.5) is 16.2 Å². The molecule has 0 saturated carbocycles. The second-order valence-electron chi connectivity index (χ2n) is 11.3. The van der Waals surface area contributed by atoms with E-state index in [1.165, 1.54) is 6.42 Å². The number of hydrogen-bond acceptors (Lipinski definition) is 5. The van der Waals surface area contributed by atoms with Crippen LogP contribution in [0.2, 0.25) is 0 Å². The average Bonchev–Trinajstić information content (AvgIpc) is 3.02. The third-order valence-electron chi connectivity index (χ3n) is 8.20. The first-order chi connectivity index (χ1) is 20.8. The Labute approximate surface area is 256 Å². The Kier molecular flexibility index (Phi) is 11.4. The van der Waals surface area contributed by atoms with Crippen molar-refractivity contribution in [3.63, 3.8) is 0 Å². The fraction of sp³-hybridized carbons (Fsp3) is 0.429. The van der Waals surface area contributed by atoms with Crippen molar-refractivity contribution in [2.24, 2.45) is 0 Å². The van der Waals surface area contributed by atoms with E-state index in [1.54, 1.807) is 24.3 Å². The lowest BCUT2D eigenvalue weighted by atomic mass is 10.0. The Bertz CT molecular complexity index is 1330. The quantitative estimate of drug-likeness (QED) is 0.200. The van der Waals surface area contributed by atoms with Gasteiger partial charge in [-0.3, -0.25) is 4.79 Å². The minimum Gasteiger partial charge on any atom is -0.490 e. The molecule has 3 amide bonds. The van der Waals surface area contributed by atoms with E-state index in [-0.39, 0.29) is 24.1 Å².